The van der Waals surface area contributed by atoms with Crippen LogP contribution in [0.3, 0.4) is 0 Å². The predicted molar refractivity (Wildman–Crippen MR) is 103 cm³/mol. The molecular weight excluding hydrogens is 344 g/mol. The molecule has 1 aliphatic rings. The monoisotopic (exact) mass is 368 g/mol. The van der Waals surface area contributed by atoms with E-state index in [1.54, 1.807) is 19.1 Å². The molecule has 6 heteroatoms. The summed E-state index contributed by atoms with van der Waals surface area (Å²) >= 11 is 0. The smallest absolute Gasteiger partial charge is 0.273 e. The largest absolute Gasteiger partial charge is 0.487 e. The van der Waals surface area contributed by atoms with Crippen LogP contribution in [0.4, 0.5) is 5.69 Å². The SMILES string of the molecule is CCC1(CC)C[C@H](NC(=O)c2cccc([N+](=O)[O-])c2C)c2ccccc2O1. The second kappa shape index (κ2) is 7.39. The van der Waals surface area contributed by atoms with Crippen LogP contribution in [-0.2, 0) is 0 Å². The van der Waals surface area contributed by atoms with Crippen molar-refractivity contribution in [1.29, 1.82) is 0 Å². The van der Waals surface area contributed by atoms with E-state index >= 15 is 0 Å². The van der Waals surface area contributed by atoms with Crippen LogP contribution < -0.4 is 10.1 Å². The molecule has 0 spiro atoms. The number of nitro groups is 1. The first-order chi connectivity index (χ1) is 12.9. The molecule has 0 fully saturated rings. The Balaban J connectivity index is 1.94. The first-order valence-electron chi connectivity index (χ1n) is 9.23. The Morgan fingerprint density at radius 1 is 1.22 bits per heavy atom. The maximum absolute atomic E-state index is 12.9. The molecular formula is C21H24N2O4. The van der Waals surface area contributed by atoms with Crippen molar-refractivity contribution in [2.45, 2.75) is 51.7 Å². The molecule has 0 bridgehead atoms. The number of carbonyl (C=O) groups excluding carboxylic acids is 1. The molecule has 1 amide bonds. The van der Waals surface area contributed by atoms with Gasteiger partial charge in [-0.3, -0.25) is 14.9 Å². The van der Waals surface area contributed by atoms with Gasteiger partial charge in [0.2, 0.25) is 0 Å². The van der Waals surface area contributed by atoms with Crippen molar-refractivity contribution in [2.75, 3.05) is 0 Å². The molecule has 142 valence electrons. The highest BCUT2D eigenvalue weighted by atomic mass is 16.6. The van der Waals surface area contributed by atoms with E-state index in [4.69, 9.17) is 4.74 Å². The Morgan fingerprint density at radius 2 is 1.93 bits per heavy atom. The summed E-state index contributed by atoms with van der Waals surface area (Å²) in [4.78, 5) is 23.6. The number of nitro benzene ring substituents is 1. The van der Waals surface area contributed by atoms with Crippen LogP contribution in [0.1, 0.15) is 60.6 Å². The van der Waals surface area contributed by atoms with E-state index in [0.717, 1.165) is 24.2 Å². The quantitative estimate of drug-likeness (QED) is 0.612. The Morgan fingerprint density at radius 3 is 2.59 bits per heavy atom. The van der Waals surface area contributed by atoms with Crippen LogP contribution in [0.25, 0.3) is 0 Å². The van der Waals surface area contributed by atoms with Gasteiger partial charge in [0.1, 0.15) is 11.4 Å². The summed E-state index contributed by atoms with van der Waals surface area (Å²) in [5.74, 6) is 0.479. The Kier molecular flexibility index (Phi) is 5.17. The van der Waals surface area contributed by atoms with Crippen molar-refractivity contribution < 1.29 is 14.5 Å². The number of benzene rings is 2. The van der Waals surface area contributed by atoms with Gasteiger partial charge in [-0.15, -0.1) is 0 Å². The molecule has 0 unspecified atom stereocenters. The number of rotatable bonds is 5. The lowest BCUT2D eigenvalue weighted by Gasteiger charge is -2.41. The number of hydrogen-bond donors (Lipinski definition) is 1. The molecule has 1 N–H and O–H groups in total. The van der Waals surface area contributed by atoms with E-state index in [0.29, 0.717) is 17.5 Å². The number of fused-ring (bicyclic) bond motifs is 1. The molecule has 0 aliphatic carbocycles. The molecule has 6 nitrogen and oxygen atoms in total. The molecule has 1 heterocycles. The maximum Gasteiger partial charge on any atom is 0.273 e. The van der Waals surface area contributed by atoms with Crippen LogP contribution in [0, 0.1) is 17.0 Å². The average Bonchev–Trinajstić information content (AvgIpc) is 2.67. The standard InChI is InChI=1S/C21H24N2O4/c1-4-21(5-2)13-17(16-9-6-7-12-19(16)27-21)22-20(24)15-10-8-11-18(14(15)3)23(25)26/h6-12,17H,4-5,13H2,1-3H3,(H,22,24)/t17-/m0/s1. The van der Waals surface area contributed by atoms with Crippen molar-refractivity contribution in [3.8, 4) is 5.75 Å². The van der Waals surface area contributed by atoms with Gasteiger partial charge in [0, 0.05) is 29.2 Å². The van der Waals surface area contributed by atoms with E-state index in [2.05, 4.69) is 19.2 Å². The van der Waals surface area contributed by atoms with Gasteiger partial charge in [-0.2, -0.15) is 0 Å². The fourth-order valence-electron chi connectivity index (χ4n) is 3.73. The van der Waals surface area contributed by atoms with Crippen molar-refractivity contribution in [1.82, 2.24) is 5.32 Å². The van der Waals surface area contributed by atoms with Crippen LogP contribution in [0.5, 0.6) is 5.75 Å². The molecule has 0 saturated heterocycles. The molecule has 0 saturated carbocycles. The van der Waals surface area contributed by atoms with Gasteiger partial charge in [-0.25, -0.2) is 0 Å². The molecule has 0 aromatic heterocycles. The van der Waals surface area contributed by atoms with Gasteiger partial charge >= 0.3 is 0 Å². The maximum atomic E-state index is 12.9. The number of carbonyl (C=O) groups is 1. The Labute approximate surface area is 158 Å². The van der Waals surface area contributed by atoms with Crippen LogP contribution in [0.2, 0.25) is 0 Å². The van der Waals surface area contributed by atoms with Gasteiger partial charge in [0.05, 0.1) is 11.0 Å². The number of amides is 1. The van der Waals surface area contributed by atoms with E-state index in [1.165, 1.54) is 6.07 Å². The molecule has 0 radical (unpaired) electrons. The molecule has 2 aromatic carbocycles. The van der Waals surface area contributed by atoms with Gasteiger partial charge in [-0.05, 0) is 31.9 Å². The van der Waals surface area contributed by atoms with Gasteiger partial charge in [0.15, 0.2) is 0 Å². The lowest BCUT2D eigenvalue weighted by atomic mass is 9.83. The molecule has 3 rings (SSSR count). The second-order valence-corrected chi connectivity index (χ2v) is 6.97. The Hall–Kier alpha value is -2.89. The topological polar surface area (TPSA) is 81.5 Å². The third kappa shape index (κ3) is 3.52. The summed E-state index contributed by atoms with van der Waals surface area (Å²) in [6, 6.07) is 12.1. The molecule has 1 atom stereocenters. The first-order valence-corrected chi connectivity index (χ1v) is 9.23. The summed E-state index contributed by atoms with van der Waals surface area (Å²) in [5, 5.41) is 14.3. The minimum Gasteiger partial charge on any atom is -0.487 e. The first kappa shape index (κ1) is 18.9. The number of para-hydroxylation sites is 1. The zero-order valence-corrected chi connectivity index (χ0v) is 15.8. The van der Waals surface area contributed by atoms with Gasteiger partial charge in [0.25, 0.3) is 11.6 Å². The lowest BCUT2D eigenvalue weighted by molar-refractivity contribution is -0.385. The summed E-state index contributed by atoms with van der Waals surface area (Å²) in [7, 11) is 0. The van der Waals surface area contributed by atoms with E-state index in [1.807, 2.05) is 24.3 Å². The van der Waals surface area contributed by atoms with E-state index in [9.17, 15) is 14.9 Å². The summed E-state index contributed by atoms with van der Waals surface area (Å²) in [6.07, 6.45) is 2.33. The average molecular weight is 368 g/mol. The zero-order valence-electron chi connectivity index (χ0n) is 15.8. The highest BCUT2D eigenvalue weighted by Gasteiger charge is 2.39. The summed E-state index contributed by atoms with van der Waals surface area (Å²) < 4.78 is 6.27. The van der Waals surface area contributed by atoms with E-state index < -0.39 is 4.92 Å². The molecule has 2 aromatic rings. The van der Waals surface area contributed by atoms with Crippen molar-refractivity contribution in [3.05, 3.63) is 69.3 Å². The summed E-state index contributed by atoms with van der Waals surface area (Å²) in [6.45, 7) is 5.77. The number of hydrogen-bond acceptors (Lipinski definition) is 4. The zero-order chi connectivity index (χ0) is 19.6. The minimum absolute atomic E-state index is 0.0495. The molecule has 27 heavy (non-hydrogen) atoms. The fourth-order valence-corrected chi connectivity index (χ4v) is 3.73. The number of ether oxygens (including phenoxy) is 1. The van der Waals surface area contributed by atoms with Crippen molar-refractivity contribution in [3.63, 3.8) is 0 Å². The van der Waals surface area contributed by atoms with Crippen LogP contribution in [0.15, 0.2) is 42.5 Å². The predicted octanol–water partition coefficient (Wildman–Crippen LogP) is 4.72. The van der Waals surface area contributed by atoms with Gasteiger partial charge < -0.3 is 10.1 Å². The summed E-state index contributed by atoms with van der Waals surface area (Å²) in [5.41, 5.74) is 1.26. The highest BCUT2D eigenvalue weighted by molar-refractivity contribution is 5.96. The van der Waals surface area contributed by atoms with Crippen molar-refractivity contribution >= 4 is 11.6 Å². The number of nitrogens with zero attached hydrogens (tertiary/aromatic N) is 1. The highest BCUT2D eigenvalue weighted by Crippen LogP contribution is 2.42. The number of nitrogens with one attached hydrogen (secondary N) is 1. The molecule has 1 aliphatic heterocycles. The second-order valence-electron chi connectivity index (χ2n) is 6.97. The van der Waals surface area contributed by atoms with E-state index in [-0.39, 0.29) is 23.2 Å². The van der Waals surface area contributed by atoms with Crippen molar-refractivity contribution in [2.24, 2.45) is 0 Å². The van der Waals surface area contributed by atoms with Crippen LogP contribution >= 0.6 is 0 Å². The minimum atomic E-state index is -0.463. The third-order valence-corrected chi connectivity index (χ3v) is 5.54. The third-order valence-electron chi connectivity index (χ3n) is 5.54. The Bertz CT molecular complexity index is 874. The fraction of sp³-hybridized carbons (Fsp3) is 0.381. The van der Waals surface area contributed by atoms with Gasteiger partial charge in [-0.1, -0.05) is 38.1 Å². The normalized spacial score (nSPS) is 17.5. The van der Waals surface area contributed by atoms with Crippen LogP contribution in [-0.4, -0.2) is 16.4 Å². The lowest BCUT2D eigenvalue weighted by Crippen LogP contribution is -2.44.